The van der Waals surface area contributed by atoms with E-state index in [1.807, 2.05) is 0 Å². The first-order valence-corrected chi connectivity index (χ1v) is 14.6. The number of carboxylic acids is 1. The average molecular weight is 499 g/mol. The Kier molecular flexibility index (Phi) is 5.74. The van der Waals surface area contributed by atoms with Crippen LogP contribution in [-0.2, 0) is 14.3 Å². The molecule has 4 saturated carbocycles. The summed E-state index contributed by atoms with van der Waals surface area (Å²) in [7, 11) is 0. The number of carboxylic acid groups (broad SMARTS) is 1. The third-order valence-electron chi connectivity index (χ3n) is 13.0. The third-order valence-corrected chi connectivity index (χ3v) is 13.0. The molecule has 4 heteroatoms. The van der Waals surface area contributed by atoms with Crippen LogP contribution < -0.4 is 0 Å². The largest absolute Gasteiger partial charge is 0.481 e. The van der Waals surface area contributed by atoms with Gasteiger partial charge in [0.25, 0.3) is 0 Å². The van der Waals surface area contributed by atoms with Crippen molar-refractivity contribution >= 4 is 11.9 Å². The fraction of sp³-hybridized carbons (Fsp3) is 0.875. The maximum absolute atomic E-state index is 12.9. The van der Waals surface area contributed by atoms with Gasteiger partial charge in [-0.1, -0.05) is 60.1 Å². The molecule has 0 unspecified atom stereocenters. The van der Waals surface area contributed by atoms with E-state index >= 15 is 0 Å². The minimum Gasteiger partial charge on any atom is -0.481 e. The fourth-order valence-corrected chi connectivity index (χ4v) is 11.3. The quantitative estimate of drug-likeness (QED) is 0.311. The van der Waals surface area contributed by atoms with Crippen LogP contribution in [0.5, 0.6) is 0 Å². The molecule has 36 heavy (non-hydrogen) atoms. The molecule has 5 aliphatic rings. The standard InChI is InChI=1S/C32H50O4/c1-20(33)36-25-12-15-29(6)21(28(25,4)5)9-13-30(7)22(29)10-14-31(8)23(30)11-16-32(26(34)35)18-17-27(2,3)19-24(31)32/h11,21-22,24-25H,9-10,12-19H2,1-8H3,(H,34,35)/t21-,22+,24+,25+,29-,30+,31+,32+/m0/s1. The maximum Gasteiger partial charge on any atom is 0.310 e. The lowest BCUT2D eigenvalue weighted by Gasteiger charge is -2.70. The Morgan fingerprint density at radius 1 is 0.833 bits per heavy atom. The van der Waals surface area contributed by atoms with E-state index in [4.69, 9.17) is 4.74 Å². The van der Waals surface area contributed by atoms with Crippen molar-refractivity contribution in [3.63, 3.8) is 0 Å². The van der Waals surface area contributed by atoms with E-state index in [1.54, 1.807) is 12.5 Å². The molecule has 0 aromatic rings. The van der Waals surface area contributed by atoms with Crippen LogP contribution in [0.2, 0.25) is 0 Å². The molecule has 5 aliphatic carbocycles. The molecule has 0 radical (unpaired) electrons. The summed E-state index contributed by atoms with van der Waals surface area (Å²) in [6.45, 7) is 18.4. The second kappa shape index (κ2) is 7.85. The molecule has 5 rings (SSSR count). The van der Waals surface area contributed by atoms with E-state index in [-0.39, 0.29) is 45.1 Å². The van der Waals surface area contributed by atoms with Crippen molar-refractivity contribution in [2.45, 2.75) is 126 Å². The lowest BCUT2D eigenvalue weighted by Crippen LogP contribution is -2.64. The lowest BCUT2D eigenvalue weighted by molar-refractivity contribution is -0.200. The summed E-state index contributed by atoms with van der Waals surface area (Å²) in [6, 6.07) is 0. The molecule has 4 nitrogen and oxygen atoms in total. The Bertz CT molecular complexity index is 992. The van der Waals surface area contributed by atoms with Gasteiger partial charge in [0, 0.05) is 12.3 Å². The molecule has 1 N–H and O–H groups in total. The first-order chi connectivity index (χ1) is 16.5. The number of carbonyl (C=O) groups excluding carboxylic acids is 1. The number of carbonyl (C=O) groups is 2. The van der Waals surface area contributed by atoms with Crippen molar-refractivity contribution in [2.75, 3.05) is 0 Å². The van der Waals surface area contributed by atoms with Crippen LogP contribution in [-0.4, -0.2) is 23.1 Å². The van der Waals surface area contributed by atoms with Gasteiger partial charge in [-0.15, -0.1) is 0 Å². The average Bonchev–Trinajstić information content (AvgIpc) is 2.75. The van der Waals surface area contributed by atoms with Gasteiger partial charge in [0.1, 0.15) is 6.10 Å². The van der Waals surface area contributed by atoms with Crippen molar-refractivity contribution < 1.29 is 19.4 Å². The van der Waals surface area contributed by atoms with Crippen molar-refractivity contribution in [2.24, 2.45) is 50.2 Å². The molecule has 0 bridgehead atoms. The summed E-state index contributed by atoms with van der Waals surface area (Å²) in [5.74, 6) is 0.616. The predicted octanol–water partition coefficient (Wildman–Crippen LogP) is 7.80. The van der Waals surface area contributed by atoms with Crippen LogP contribution in [0.3, 0.4) is 0 Å². The van der Waals surface area contributed by atoms with Gasteiger partial charge in [0.2, 0.25) is 0 Å². The summed E-state index contributed by atoms with van der Waals surface area (Å²) in [4.78, 5) is 24.7. The molecular formula is C32H50O4. The number of hydrogen-bond donors (Lipinski definition) is 1. The molecule has 0 saturated heterocycles. The maximum atomic E-state index is 12.9. The number of rotatable bonds is 2. The van der Waals surface area contributed by atoms with E-state index in [9.17, 15) is 14.7 Å². The van der Waals surface area contributed by atoms with Gasteiger partial charge in [-0.25, -0.2) is 0 Å². The van der Waals surface area contributed by atoms with Crippen molar-refractivity contribution in [1.29, 1.82) is 0 Å². The summed E-state index contributed by atoms with van der Waals surface area (Å²) < 4.78 is 5.87. The van der Waals surface area contributed by atoms with Crippen LogP contribution in [0.25, 0.3) is 0 Å². The topological polar surface area (TPSA) is 63.6 Å². The van der Waals surface area contributed by atoms with Crippen LogP contribution in [0, 0.1) is 50.2 Å². The normalized spacial score (nSPS) is 48.8. The molecule has 0 aromatic heterocycles. The number of fused-ring (bicyclic) bond motifs is 7. The molecule has 0 aromatic carbocycles. The molecule has 202 valence electrons. The van der Waals surface area contributed by atoms with Crippen molar-refractivity contribution in [3.8, 4) is 0 Å². The first kappa shape index (κ1) is 26.3. The smallest absolute Gasteiger partial charge is 0.310 e. The van der Waals surface area contributed by atoms with E-state index in [0.29, 0.717) is 18.3 Å². The fourth-order valence-electron chi connectivity index (χ4n) is 11.3. The highest BCUT2D eigenvalue weighted by molar-refractivity contribution is 5.76. The Morgan fingerprint density at radius 3 is 2.06 bits per heavy atom. The van der Waals surface area contributed by atoms with Gasteiger partial charge < -0.3 is 9.84 Å². The number of allylic oxidation sites excluding steroid dienone is 2. The third kappa shape index (κ3) is 3.37. The Hall–Kier alpha value is -1.32. The molecule has 0 heterocycles. The summed E-state index contributed by atoms with van der Waals surface area (Å²) in [5.41, 5.74) is 1.47. The van der Waals surface area contributed by atoms with Crippen LogP contribution in [0.4, 0.5) is 0 Å². The second-order valence-electron chi connectivity index (χ2n) is 15.7. The SMILES string of the molecule is CC(=O)O[C@@H]1CC[C@]2(C)[C@H]3CC[C@]4(C)C(=CC[C@@]5(C(=O)O)CCC(C)(C)C[C@@H]54)[C@]3(C)CC[C@H]2C1(C)C. The highest BCUT2D eigenvalue weighted by Gasteiger charge is 2.68. The summed E-state index contributed by atoms with van der Waals surface area (Å²) in [6.07, 6.45) is 12.6. The predicted molar refractivity (Wildman–Crippen MR) is 142 cm³/mol. The molecular weight excluding hydrogens is 448 g/mol. The van der Waals surface area contributed by atoms with Crippen LogP contribution in [0.15, 0.2) is 11.6 Å². The zero-order valence-electron chi connectivity index (χ0n) is 24.1. The number of aliphatic carboxylic acids is 1. The minimum absolute atomic E-state index is 0.000775. The molecule has 0 amide bonds. The number of hydrogen-bond acceptors (Lipinski definition) is 3. The van der Waals surface area contributed by atoms with Gasteiger partial charge in [0.15, 0.2) is 0 Å². The van der Waals surface area contributed by atoms with Gasteiger partial charge >= 0.3 is 11.9 Å². The highest BCUT2D eigenvalue weighted by Crippen LogP contribution is 2.75. The summed E-state index contributed by atoms with van der Waals surface area (Å²) in [5, 5.41) is 10.6. The number of esters is 1. The van der Waals surface area contributed by atoms with E-state index in [1.165, 1.54) is 6.42 Å². The minimum atomic E-state index is -0.595. The summed E-state index contributed by atoms with van der Waals surface area (Å²) >= 11 is 0. The van der Waals surface area contributed by atoms with E-state index in [0.717, 1.165) is 51.4 Å². The van der Waals surface area contributed by atoms with E-state index in [2.05, 4.69) is 54.5 Å². The van der Waals surface area contributed by atoms with Gasteiger partial charge in [-0.05, 0) is 104 Å². The molecule has 8 atom stereocenters. The van der Waals surface area contributed by atoms with Crippen LogP contribution >= 0.6 is 0 Å². The Morgan fingerprint density at radius 2 is 1.44 bits per heavy atom. The second-order valence-corrected chi connectivity index (χ2v) is 15.7. The zero-order valence-corrected chi connectivity index (χ0v) is 24.1. The van der Waals surface area contributed by atoms with Gasteiger partial charge in [-0.2, -0.15) is 0 Å². The molecule has 0 aliphatic heterocycles. The highest BCUT2D eigenvalue weighted by atomic mass is 16.5. The number of ether oxygens (including phenoxy) is 1. The van der Waals surface area contributed by atoms with E-state index < -0.39 is 11.4 Å². The lowest BCUT2D eigenvalue weighted by atomic mass is 9.34. The van der Waals surface area contributed by atoms with Gasteiger partial charge in [-0.3, -0.25) is 9.59 Å². The Balaban J connectivity index is 1.54. The first-order valence-electron chi connectivity index (χ1n) is 14.6. The molecule has 0 spiro atoms. The van der Waals surface area contributed by atoms with Gasteiger partial charge in [0.05, 0.1) is 5.41 Å². The Labute approximate surface area is 219 Å². The van der Waals surface area contributed by atoms with Crippen molar-refractivity contribution in [1.82, 2.24) is 0 Å². The monoisotopic (exact) mass is 498 g/mol. The zero-order chi connectivity index (χ0) is 26.5. The van der Waals surface area contributed by atoms with Crippen LogP contribution in [0.1, 0.15) is 120 Å². The van der Waals surface area contributed by atoms with Crippen molar-refractivity contribution in [3.05, 3.63) is 11.6 Å². The molecule has 4 fully saturated rings.